The maximum Gasteiger partial charge on any atom is 0.163 e. The lowest BCUT2D eigenvalue weighted by Gasteiger charge is -2.04. The second-order valence-corrected chi connectivity index (χ2v) is 3.14. The number of nitrogens with zero attached hydrogens (tertiary/aromatic N) is 3. The molecule has 0 radical (unpaired) electrons. The van der Waals surface area contributed by atoms with Crippen LogP contribution in [0.25, 0.3) is 11.3 Å². The fourth-order valence-corrected chi connectivity index (χ4v) is 1.30. The summed E-state index contributed by atoms with van der Waals surface area (Å²) in [5.41, 5.74) is 1.96. The molecule has 1 aromatic carbocycles. The topological polar surface area (TPSA) is 30.7 Å². The van der Waals surface area contributed by atoms with Gasteiger partial charge in [-0.25, -0.2) is 0 Å². The van der Waals surface area contributed by atoms with Gasteiger partial charge >= 0.3 is 0 Å². The van der Waals surface area contributed by atoms with Crippen molar-refractivity contribution in [1.29, 1.82) is 0 Å². The van der Waals surface area contributed by atoms with Crippen LogP contribution in [0.3, 0.4) is 0 Å². The highest BCUT2D eigenvalue weighted by Gasteiger charge is 2.05. The maximum absolute atomic E-state index is 4.01. The van der Waals surface area contributed by atoms with Crippen molar-refractivity contribution in [3.8, 4) is 5.69 Å². The second-order valence-electron chi connectivity index (χ2n) is 3.14. The van der Waals surface area contributed by atoms with Crippen LogP contribution < -0.4 is 0 Å². The minimum absolute atomic E-state index is 0.802. The first-order valence-electron chi connectivity index (χ1n) is 4.40. The zero-order chi connectivity index (χ0) is 9.97. The van der Waals surface area contributed by atoms with Crippen LogP contribution in [0.5, 0.6) is 0 Å². The molecule has 1 heterocycles. The van der Waals surface area contributed by atoms with Crippen LogP contribution in [0, 0.1) is 0 Å². The normalized spacial score (nSPS) is 10.1. The molecule has 0 unspecified atom stereocenters. The predicted octanol–water partition coefficient (Wildman–Crippen LogP) is 2.30. The summed E-state index contributed by atoms with van der Waals surface area (Å²) in [5.74, 6) is 0.802. The number of aromatic nitrogens is 3. The molecular weight excluding hydrogens is 174 g/mol. The zero-order valence-electron chi connectivity index (χ0n) is 8.01. The minimum atomic E-state index is 0.802. The Balaban J connectivity index is 2.52. The number of hydrogen-bond acceptors (Lipinski definition) is 2. The summed E-state index contributed by atoms with van der Waals surface area (Å²) in [4.78, 5) is 0. The number of benzene rings is 1. The van der Waals surface area contributed by atoms with Crippen molar-refractivity contribution in [2.75, 3.05) is 0 Å². The first-order valence-corrected chi connectivity index (χ1v) is 4.40. The number of hydrogen-bond donors (Lipinski definition) is 0. The highest BCUT2D eigenvalue weighted by Crippen LogP contribution is 2.13. The fraction of sp³-hybridized carbons (Fsp3) is 0.0909. The number of rotatable bonds is 2. The average molecular weight is 185 g/mol. The third-order valence-electron chi connectivity index (χ3n) is 1.96. The van der Waals surface area contributed by atoms with E-state index in [2.05, 4.69) is 16.8 Å². The van der Waals surface area contributed by atoms with E-state index in [0.29, 0.717) is 0 Å². The lowest BCUT2D eigenvalue weighted by Crippen LogP contribution is -1.97. The molecule has 0 N–H and O–H groups in total. The highest BCUT2D eigenvalue weighted by molar-refractivity contribution is 5.56. The molecule has 0 saturated heterocycles. The average Bonchev–Trinajstić information content (AvgIpc) is 2.67. The van der Waals surface area contributed by atoms with Crippen LogP contribution in [0.15, 0.2) is 43.2 Å². The Bertz CT molecular complexity index is 443. The maximum atomic E-state index is 4.01. The third-order valence-corrected chi connectivity index (χ3v) is 1.96. The summed E-state index contributed by atoms with van der Waals surface area (Å²) >= 11 is 0. The molecule has 0 aliphatic rings. The number of allylic oxidation sites excluding steroid dienone is 1. The van der Waals surface area contributed by atoms with Crippen molar-refractivity contribution in [2.24, 2.45) is 0 Å². The zero-order valence-corrected chi connectivity index (χ0v) is 8.01. The second kappa shape index (κ2) is 3.46. The van der Waals surface area contributed by atoms with E-state index < -0.39 is 0 Å². The molecule has 14 heavy (non-hydrogen) atoms. The molecule has 70 valence electrons. The molecule has 0 aliphatic carbocycles. The van der Waals surface area contributed by atoms with E-state index in [9.17, 15) is 0 Å². The first kappa shape index (κ1) is 8.69. The molecule has 2 aromatic rings. The molecule has 0 spiro atoms. The van der Waals surface area contributed by atoms with Gasteiger partial charge in [0.05, 0.1) is 0 Å². The predicted molar refractivity (Wildman–Crippen MR) is 56.1 cm³/mol. The molecule has 2 rings (SSSR count). The Morgan fingerprint density at radius 2 is 2.00 bits per heavy atom. The van der Waals surface area contributed by atoms with E-state index in [1.54, 1.807) is 6.33 Å². The lowest BCUT2D eigenvalue weighted by molar-refractivity contribution is 1.02. The van der Waals surface area contributed by atoms with Gasteiger partial charge in [0.15, 0.2) is 5.82 Å². The van der Waals surface area contributed by atoms with Gasteiger partial charge in [0.25, 0.3) is 0 Å². The summed E-state index contributed by atoms with van der Waals surface area (Å²) in [6, 6.07) is 9.97. The summed E-state index contributed by atoms with van der Waals surface area (Å²) < 4.78 is 1.92. The van der Waals surface area contributed by atoms with E-state index in [0.717, 1.165) is 17.1 Å². The molecule has 0 atom stereocenters. The monoisotopic (exact) mass is 185 g/mol. The van der Waals surface area contributed by atoms with Crippen LogP contribution in [-0.4, -0.2) is 14.8 Å². The van der Waals surface area contributed by atoms with Gasteiger partial charge < -0.3 is 0 Å². The molecule has 0 saturated carbocycles. The van der Waals surface area contributed by atoms with Crippen molar-refractivity contribution in [2.45, 2.75) is 6.92 Å². The molecule has 0 amide bonds. The van der Waals surface area contributed by atoms with Gasteiger partial charge in [-0.1, -0.05) is 24.8 Å². The molecule has 1 aromatic heterocycles. The first-order chi connectivity index (χ1) is 6.79. The van der Waals surface area contributed by atoms with Crippen molar-refractivity contribution in [3.63, 3.8) is 0 Å². The van der Waals surface area contributed by atoms with Crippen LogP contribution in [0.2, 0.25) is 0 Å². The molecule has 0 fully saturated rings. The fourth-order valence-electron chi connectivity index (χ4n) is 1.30. The summed E-state index contributed by atoms with van der Waals surface area (Å²) in [6.07, 6.45) is 1.69. The van der Waals surface area contributed by atoms with Gasteiger partial charge in [-0.2, -0.15) is 0 Å². The van der Waals surface area contributed by atoms with Gasteiger partial charge in [-0.3, -0.25) is 4.57 Å². The molecular formula is C11H11N3. The quantitative estimate of drug-likeness (QED) is 0.718. The van der Waals surface area contributed by atoms with Gasteiger partial charge in [-0.05, 0) is 24.6 Å². The van der Waals surface area contributed by atoms with Gasteiger partial charge in [0.1, 0.15) is 6.33 Å². The number of para-hydroxylation sites is 1. The van der Waals surface area contributed by atoms with Crippen molar-refractivity contribution < 1.29 is 0 Å². The minimum Gasteiger partial charge on any atom is -0.282 e. The van der Waals surface area contributed by atoms with E-state index in [4.69, 9.17) is 0 Å². The molecule has 0 bridgehead atoms. The summed E-state index contributed by atoms with van der Waals surface area (Å²) in [6.45, 7) is 5.78. The molecule has 3 nitrogen and oxygen atoms in total. The molecule has 0 aliphatic heterocycles. The van der Waals surface area contributed by atoms with E-state index >= 15 is 0 Å². The Kier molecular flexibility index (Phi) is 2.14. The Labute approximate surface area is 82.7 Å². The standard InChI is InChI=1S/C11H11N3/c1-9(2)11-13-12-8-14(11)10-6-4-3-5-7-10/h3-8H,1H2,2H3. The third kappa shape index (κ3) is 1.44. The van der Waals surface area contributed by atoms with Gasteiger partial charge in [-0.15, -0.1) is 10.2 Å². The highest BCUT2D eigenvalue weighted by atomic mass is 15.3. The van der Waals surface area contributed by atoms with E-state index in [1.807, 2.05) is 41.8 Å². The summed E-state index contributed by atoms with van der Waals surface area (Å²) in [5, 5.41) is 7.88. The van der Waals surface area contributed by atoms with Crippen LogP contribution in [0.4, 0.5) is 0 Å². The van der Waals surface area contributed by atoms with Gasteiger partial charge in [0.2, 0.25) is 0 Å². The Morgan fingerprint density at radius 1 is 1.29 bits per heavy atom. The van der Waals surface area contributed by atoms with Crippen LogP contribution >= 0.6 is 0 Å². The Morgan fingerprint density at radius 3 is 2.64 bits per heavy atom. The largest absolute Gasteiger partial charge is 0.282 e. The van der Waals surface area contributed by atoms with E-state index in [-0.39, 0.29) is 0 Å². The summed E-state index contributed by atoms with van der Waals surface area (Å²) in [7, 11) is 0. The van der Waals surface area contributed by atoms with Crippen LogP contribution in [-0.2, 0) is 0 Å². The SMILES string of the molecule is C=C(C)c1nncn1-c1ccccc1. The molecule has 3 heteroatoms. The van der Waals surface area contributed by atoms with Crippen molar-refractivity contribution >= 4 is 5.57 Å². The van der Waals surface area contributed by atoms with Crippen molar-refractivity contribution in [1.82, 2.24) is 14.8 Å². The Hall–Kier alpha value is -1.90. The van der Waals surface area contributed by atoms with Crippen LogP contribution in [0.1, 0.15) is 12.7 Å². The smallest absolute Gasteiger partial charge is 0.163 e. The van der Waals surface area contributed by atoms with Crippen molar-refractivity contribution in [3.05, 3.63) is 49.1 Å². The van der Waals surface area contributed by atoms with Gasteiger partial charge in [0, 0.05) is 5.69 Å². The lowest BCUT2D eigenvalue weighted by atomic mass is 10.3. The van der Waals surface area contributed by atoms with E-state index in [1.165, 1.54) is 0 Å².